The third-order valence-corrected chi connectivity index (χ3v) is 4.02. The third-order valence-electron chi connectivity index (χ3n) is 3.39. The Labute approximate surface area is 111 Å². The summed E-state index contributed by atoms with van der Waals surface area (Å²) in [6, 6.07) is 6.45. The molecule has 2 atom stereocenters. The van der Waals surface area contributed by atoms with Crippen LogP contribution >= 0.6 is 15.9 Å². The highest BCUT2D eigenvalue weighted by Crippen LogP contribution is 2.30. The maximum atomic E-state index is 6.04. The van der Waals surface area contributed by atoms with Crippen molar-refractivity contribution in [1.82, 2.24) is 4.90 Å². The third kappa shape index (κ3) is 2.81. The van der Waals surface area contributed by atoms with Gasteiger partial charge in [0.05, 0.1) is 11.6 Å². The summed E-state index contributed by atoms with van der Waals surface area (Å²) >= 11 is 3.51. The van der Waals surface area contributed by atoms with Gasteiger partial charge in [0.15, 0.2) is 0 Å². The van der Waals surface area contributed by atoms with Crippen LogP contribution in [0.25, 0.3) is 0 Å². The van der Waals surface area contributed by atoms with E-state index in [-0.39, 0.29) is 0 Å². The number of rotatable bonds is 3. The molecule has 0 aliphatic carbocycles. The van der Waals surface area contributed by atoms with Gasteiger partial charge in [-0.15, -0.1) is 0 Å². The second kappa shape index (κ2) is 5.38. The Morgan fingerprint density at radius 2 is 2.24 bits per heavy atom. The van der Waals surface area contributed by atoms with Gasteiger partial charge in [0.1, 0.15) is 5.75 Å². The molecule has 1 aliphatic heterocycles. The van der Waals surface area contributed by atoms with Gasteiger partial charge in [-0.3, -0.25) is 4.90 Å². The highest BCUT2D eigenvalue weighted by atomic mass is 79.9. The first-order chi connectivity index (χ1) is 8.11. The smallest absolute Gasteiger partial charge is 0.137 e. The number of methoxy groups -OCH3 is 1. The number of nitrogens with zero attached hydrogens (tertiary/aromatic N) is 1. The fourth-order valence-electron chi connectivity index (χ4n) is 2.37. The highest BCUT2D eigenvalue weighted by Gasteiger charge is 2.27. The molecule has 3 nitrogen and oxygen atoms in total. The molecule has 0 amide bonds. The Balaban J connectivity index is 2.11. The fraction of sp³-hybridized carbons (Fsp3) is 0.538. The fourth-order valence-corrected chi connectivity index (χ4v) is 2.94. The van der Waals surface area contributed by atoms with E-state index in [1.807, 2.05) is 12.1 Å². The molecule has 17 heavy (non-hydrogen) atoms. The van der Waals surface area contributed by atoms with E-state index >= 15 is 0 Å². The van der Waals surface area contributed by atoms with Crippen LogP contribution in [0.1, 0.15) is 12.5 Å². The van der Waals surface area contributed by atoms with Crippen LogP contribution in [0.4, 0.5) is 0 Å². The number of hydrogen-bond acceptors (Lipinski definition) is 3. The molecule has 0 aromatic heterocycles. The van der Waals surface area contributed by atoms with Crippen LogP contribution in [0.15, 0.2) is 22.7 Å². The van der Waals surface area contributed by atoms with Crippen molar-refractivity contribution < 1.29 is 4.74 Å². The SMILES string of the molecule is COc1c(Br)cccc1CN1CC(C)C(N)C1. The predicted molar refractivity (Wildman–Crippen MR) is 73.1 cm³/mol. The molecule has 94 valence electrons. The Morgan fingerprint density at radius 3 is 2.82 bits per heavy atom. The van der Waals surface area contributed by atoms with E-state index in [1.54, 1.807) is 7.11 Å². The number of likely N-dealkylation sites (tertiary alicyclic amines) is 1. The molecule has 1 aromatic rings. The molecule has 1 heterocycles. The van der Waals surface area contributed by atoms with Crippen LogP contribution in [0.3, 0.4) is 0 Å². The van der Waals surface area contributed by atoms with Crippen molar-refractivity contribution in [2.75, 3.05) is 20.2 Å². The molecular formula is C13H19BrN2O. The lowest BCUT2D eigenvalue weighted by Gasteiger charge is -2.18. The minimum Gasteiger partial charge on any atom is -0.495 e. The molecule has 0 radical (unpaired) electrons. The van der Waals surface area contributed by atoms with Gasteiger partial charge in [0.25, 0.3) is 0 Å². The molecular weight excluding hydrogens is 280 g/mol. The van der Waals surface area contributed by atoms with Gasteiger partial charge in [-0.25, -0.2) is 0 Å². The van der Waals surface area contributed by atoms with Crippen LogP contribution in [0.2, 0.25) is 0 Å². The quantitative estimate of drug-likeness (QED) is 0.930. The number of benzene rings is 1. The standard InChI is InChI=1S/C13H19BrN2O/c1-9-6-16(8-12(9)15)7-10-4-3-5-11(14)13(10)17-2/h3-5,9,12H,6-8,15H2,1-2H3. The number of nitrogens with two attached hydrogens (primary N) is 1. The average Bonchev–Trinajstić information content (AvgIpc) is 2.58. The Morgan fingerprint density at radius 1 is 1.47 bits per heavy atom. The first-order valence-electron chi connectivity index (χ1n) is 5.91. The summed E-state index contributed by atoms with van der Waals surface area (Å²) < 4.78 is 6.44. The number of halogens is 1. The Bertz CT molecular complexity index is 387. The van der Waals surface area contributed by atoms with Gasteiger partial charge in [0.2, 0.25) is 0 Å². The van der Waals surface area contributed by atoms with E-state index in [0.717, 1.165) is 29.9 Å². The van der Waals surface area contributed by atoms with Gasteiger partial charge in [0, 0.05) is 31.2 Å². The molecule has 0 saturated carbocycles. The van der Waals surface area contributed by atoms with E-state index in [4.69, 9.17) is 10.5 Å². The molecule has 4 heteroatoms. The minimum absolute atomic E-state index is 0.299. The van der Waals surface area contributed by atoms with Crippen molar-refractivity contribution in [2.24, 2.45) is 11.7 Å². The van der Waals surface area contributed by atoms with Gasteiger partial charge in [-0.2, -0.15) is 0 Å². The van der Waals surface area contributed by atoms with E-state index in [1.165, 1.54) is 5.56 Å². The van der Waals surface area contributed by atoms with Crippen LogP contribution < -0.4 is 10.5 Å². The van der Waals surface area contributed by atoms with Crippen molar-refractivity contribution in [3.05, 3.63) is 28.2 Å². The zero-order valence-corrected chi connectivity index (χ0v) is 11.9. The lowest BCUT2D eigenvalue weighted by atomic mass is 10.1. The van der Waals surface area contributed by atoms with Gasteiger partial charge in [-0.1, -0.05) is 19.1 Å². The van der Waals surface area contributed by atoms with Crippen LogP contribution in [-0.4, -0.2) is 31.1 Å². The van der Waals surface area contributed by atoms with Crippen LogP contribution in [-0.2, 0) is 6.54 Å². The summed E-state index contributed by atoms with van der Waals surface area (Å²) in [6.07, 6.45) is 0. The van der Waals surface area contributed by atoms with Gasteiger partial charge < -0.3 is 10.5 Å². The summed E-state index contributed by atoms with van der Waals surface area (Å²) in [5.41, 5.74) is 7.25. The molecule has 2 rings (SSSR count). The molecule has 1 aromatic carbocycles. The molecule has 2 unspecified atom stereocenters. The molecule has 1 aliphatic rings. The number of hydrogen-bond donors (Lipinski definition) is 1. The molecule has 2 N–H and O–H groups in total. The van der Waals surface area contributed by atoms with Crippen molar-refractivity contribution >= 4 is 15.9 Å². The maximum absolute atomic E-state index is 6.04. The molecule has 1 fully saturated rings. The first kappa shape index (κ1) is 12.9. The van der Waals surface area contributed by atoms with Crippen molar-refractivity contribution in [2.45, 2.75) is 19.5 Å². The highest BCUT2D eigenvalue weighted by molar-refractivity contribution is 9.10. The summed E-state index contributed by atoms with van der Waals surface area (Å²) in [7, 11) is 1.71. The minimum atomic E-state index is 0.299. The van der Waals surface area contributed by atoms with Crippen LogP contribution in [0.5, 0.6) is 5.75 Å². The average molecular weight is 299 g/mol. The molecule has 1 saturated heterocycles. The molecule has 0 bridgehead atoms. The summed E-state index contributed by atoms with van der Waals surface area (Å²) in [4.78, 5) is 2.39. The second-order valence-corrected chi connectivity index (χ2v) is 5.62. The second-order valence-electron chi connectivity index (χ2n) is 4.77. The Kier molecular flexibility index (Phi) is 4.07. The van der Waals surface area contributed by atoms with Gasteiger partial charge >= 0.3 is 0 Å². The van der Waals surface area contributed by atoms with E-state index < -0.39 is 0 Å². The lowest BCUT2D eigenvalue weighted by Crippen LogP contribution is -2.28. The molecule has 0 spiro atoms. The topological polar surface area (TPSA) is 38.5 Å². The number of para-hydroxylation sites is 1. The van der Waals surface area contributed by atoms with E-state index in [9.17, 15) is 0 Å². The van der Waals surface area contributed by atoms with Gasteiger partial charge in [-0.05, 0) is 27.9 Å². The lowest BCUT2D eigenvalue weighted by molar-refractivity contribution is 0.309. The normalized spacial score (nSPS) is 25.2. The zero-order chi connectivity index (χ0) is 12.4. The monoisotopic (exact) mass is 298 g/mol. The number of ether oxygens (including phenoxy) is 1. The summed E-state index contributed by atoms with van der Waals surface area (Å²) in [6.45, 7) is 5.15. The largest absolute Gasteiger partial charge is 0.495 e. The van der Waals surface area contributed by atoms with E-state index in [2.05, 4.69) is 33.8 Å². The zero-order valence-electron chi connectivity index (χ0n) is 10.3. The Hall–Kier alpha value is -0.580. The summed E-state index contributed by atoms with van der Waals surface area (Å²) in [5.74, 6) is 1.51. The van der Waals surface area contributed by atoms with Crippen molar-refractivity contribution in [3.8, 4) is 5.75 Å². The van der Waals surface area contributed by atoms with Crippen LogP contribution in [0, 0.1) is 5.92 Å². The predicted octanol–water partition coefficient (Wildman–Crippen LogP) is 2.24. The van der Waals surface area contributed by atoms with Crippen molar-refractivity contribution in [3.63, 3.8) is 0 Å². The van der Waals surface area contributed by atoms with Crippen molar-refractivity contribution in [1.29, 1.82) is 0 Å². The summed E-state index contributed by atoms with van der Waals surface area (Å²) in [5, 5.41) is 0. The van der Waals surface area contributed by atoms with E-state index in [0.29, 0.717) is 12.0 Å². The maximum Gasteiger partial charge on any atom is 0.137 e. The first-order valence-corrected chi connectivity index (χ1v) is 6.70.